The van der Waals surface area contributed by atoms with Gasteiger partial charge in [-0.25, -0.2) is 4.79 Å². The van der Waals surface area contributed by atoms with Crippen LogP contribution >= 0.6 is 0 Å². The van der Waals surface area contributed by atoms with Crippen molar-refractivity contribution in [2.75, 3.05) is 6.61 Å². The lowest BCUT2D eigenvalue weighted by atomic mass is 10.0. The van der Waals surface area contributed by atoms with Crippen LogP contribution in [0.3, 0.4) is 0 Å². The van der Waals surface area contributed by atoms with Crippen molar-refractivity contribution in [1.82, 2.24) is 0 Å². The van der Waals surface area contributed by atoms with Crippen molar-refractivity contribution in [3.05, 3.63) is 35.9 Å². The third-order valence-corrected chi connectivity index (χ3v) is 4.51. The highest BCUT2D eigenvalue weighted by Gasteiger charge is 2.68. The highest BCUT2D eigenvalue weighted by Crippen LogP contribution is 2.64. The van der Waals surface area contributed by atoms with Crippen LogP contribution in [0.15, 0.2) is 30.3 Å². The predicted octanol–water partition coefficient (Wildman–Crippen LogP) is 2.56. The number of rotatable bonds is 2. The molecule has 2 saturated carbocycles. The van der Waals surface area contributed by atoms with Gasteiger partial charge >= 0.3 is 5.97 Å². The summed E-state index contributed by atoms with van der Waals surface area (Å²) < 4.78 is 11.4. The van der Waals surface area contributed by atoms with E-state index in [1.165, 1.54) is 12.8 Å². The van der Waals surface area contributed by atoms with Crippen molar-refractivity contribution in [1.29, 1.82) is 0 Å². The van der Waals surface area contributed by atoms with Crippen molar-refractivity contribution < 1.29 is 14.3 Å². The number of hydrogen-bond acceptors (Lipinski definition) is 3. The van der Waals surface area contributed by atoms with Crippen molar-refractivity contribution in [3.63, 3.8) is 0 Å². The van der Waals surface area contributed by atoms with Gasteiger partial charge in [-0.1, -0.05) is 18.2 Å². The molecule has 1 aliphatic heterocycles. The number of benzene rings is 1. The van der Waals surface area contributed by atoms with Gasteiger partial charge in [0.05, 0.1) is 12.2 Å². The summed E-state index contributed by atoms with van der Waals surface area (Å²) in [6.07, 6.45) is 4.52. The second-order valence-corrected chi connectivity index (χ2v) is 5.99. The molecule has 1 heterocycles. The fraction of sp³-hybridized carbons (Fsp3) is 0.533. The smallest absolute Gasteiger partial charge is 0.338 e. The van der Waals surface area contributed by atoms with Crippen molar-refractivity contribution in [2.24, 2.45) is 5.41 Å². The molecule has 1 aromatic rings. The normalized spacial score (nSPS) is 34.8. The Morgan fingerprint density at radius 3 is 2.72 bits per heavy atom. The lowest BCUT2D eigenvalue weighted by Crippen LogP contribution is -2.18. The second-order valence-electron chi connectivity index (χ2n) is 5.99. The molecule has 3 fully saturated rings. The zero-order valence-corrected chi connectivity index (χ0v) is 10.2. The van der Waals surface area contributed by atoms with Crippen LogP contribution in [0.1, 0.15) is 36.0 Å². The van der Waals surface area contributed by atoms with Gasteiger partial charge in [0.2, 0.25) is 0 Å². The van der Waals surface area contributed by atoms with E-state index in [-0.39, 0.29) is 17.7 Å². The van der Waals surface area contributed by atoms with Gasteiger partial charge in [0, 0.05) is 6.42 Å². The molecular formula is C15H16O3. The molecular weight excluding hydrogens is 228 g/mol. The van der Waals surface area contributed by atoms with Crippen LogP contribution in [0.2, 0.25) is 0 Å². The van der Waals surface area contributed by atoms with Gasteiger partial charge in [-0.05, 0) is 36.8 Å². The molecule has 94 valence electrons. The molecule has 0 N–H and O–H groups in total. The zero-order chi connectivity index (χ0) is 12.2. The van der Waals surface area contributed by atoms with Crippen molar-refractivity contribution in [2.45, 2.75) is 37.4 Å². The molecule has 0 bridgehead atoms. The molecule has 1 aromatic carbocycles. The van der Waals surface area contributed by atoms with E-state index >= 15 is 0 Å². The molecule has 2 atom stereocenters. The first-order chi connectivity index (χ1) is 8.72. The van der Waals surface area contributed by atoms with Crippen LogP contribution < -0.4 is 0 Å². The summed E-state index contributed by atoms with van der Waals surface area (Å²) in [5.41, 5.74) is 0.952. The number of hydrogen-bond donors (Lipinski definition) is 0. The molecule has 0 amide bonds. The SMILES string of the molecule is O=C(OC1CC12CC1(CC1)CO2)c1ccccc1. The van der Waals surface area contributed by atoms with E-state index in [1.54, 1.807) is 12.1 Å². The van der Waals surface area contributed by atoms with Gasteiger partial charge in [-0.2, -0.15) is 0 Å². The molecule has 1 saturated heterocycles. The Labute approximate surface area is 106 Å². The van der Waals surface area contributed by atoms with E-state index in [0.29, 0.717) is 11.0 Å². The Balaban J connectivity index is 1.41. The molecule has 0 radical (unpaired) electrons. The molecule has 3 heteroatoms. The Morgan fingerprint density at radius 2 is 2.06 bits per heavy atom. The van der Waals surface area contributed by atoms with E-state index in [9.17, 15) is 4.79 Å². The monoisotopic (exact) mass is 244 g/mol. The van der Waals surface area contributed by atoms with Gasteiger partial charge < -0.3 is 9.47 Å². The average molecular weight is 244 g/mol. The highest BCUT2D eigenvalue weighted by atomic mass is 16.6. The fourth-order valence-corrected chi connectivity index (χ4v) is 3.04. The predicted molar refractivity (Wildman–Crippen MR) is 65.2 cm³/mol. The van der Waals surface area contributed by atoms with E-state index in [4.69, 9.17) is 9.47 Å². The summed E-state index contributed by atoms with van der Waals surface area (Å²) in [4.78, 5) is 11.9. The lowest BCUT2D eigenvalue weighted by molar-refractivity contribution is 0.0133. The first kappa shape index (κ1) is 10.6. The van der Waals surface area contributed by atoms with Gasteiger partial charge in [0.1, 0.15) is 11.7 Å². The van der Waals surface area contributed by atoms with Crippen molar-refractivity contribution >= 4 is 5.97 Å². The maximum Gasteiger partial charge on any atom is 0.338 e. The number of esters is 1. The number of carbonyl (C=O) groups excluding carboxylic acids is 1. The van der Waals surface area contributed by atoms with Crippen molar-refractivity contribution in [3.8, 4) is 0 Å². The molecule has 0 aromatic heterocycles. The first-order valence-electron chi connectivity index (χ1n) is 6.62. The Hall–Kier alpha value is -1.35. The largest absolute Gasteiger partial charge is 0.456 e. The van der Waals surface area contributed by atoms with Crippen LogP contribution in [0.5, 0.6) is 0 Å². The van der Waals surface area contributed by atoms with Crippen LogP contribution in [-0.2, 0) is 9.47 Å². The maximum absolute atomic E-state index is 11.9. The average Bonchev–Trinajstić information content (AvgIpc) is 3.24. The standard InChI is InChI=1S/C15H16O3/c16-13(11-4-2-1-3-5-11)18-12-8-15(12)9-14(6-7-14)10-17-15/h1-5,12H,6-10H2. The molecule has 3 aliphatic rings. The minimum atomic E-state index is -0.224. The van der Waals surface area contributed by atoms with Crippen LogP contribution in [0, 0.1) is 5.41 Å². The zero-order valence-electron chi connectivity index (χ0n) is 10.2. The molecule has 2 spiro atoms. The van der Waals surface area contributed by atoms with Gasteiger partial charge in [-0.15, -0.1) is 0 Å². The summed E-state index contributed by atoms with van der Waals surface area (Å²) >= 11 is 0. The number of ether oxygens (including phenoxy) is 2. The quantitative estimate of drug-likeness (QED) is 0.750. The minimum Gasteiger partial charge on any atom is -0.456 e. The molecule has 4 rings (SSSR count). The second kappa shape index (κ2) is 3.35. The van der Waals surface area contributed by atoms with E-state index < -0.39 is 0 Å². The van der Waals surface area contributed by atoms with E-state index in [1.807, 2.05) is 18.2 Å². The van der Waals surface area contributed by atoms with Gasteiger partial charge in [0.25, 0.3) is 0 Å². The molecule has 18 heavy (non-hydrogen) atoms. The minimum absolute atomic E-state index is 0.0230. The summed E-state index contributed by atoms with van der Waals surface area (Å²) in [5, 5.41) is 0. The molecule has 3 nitrogen and oxygen atoms in total. The first-order valence-corrected chi connectivity index (χ1v) is 6.62. The van der Waals surface area contributed by atoms with Crippen LogP contribution in [0.25, 0.3) is 0 Å². The number of carbonyl (C=O) groups is 1. The van der Waals surface area contributed by atoms with Gasteiger partial charge in [-0.3, -0.25) is 0 Å². The lowest BCUT2D eigenvalue weighted by Gasteiger charge is -2.09. The van der Waals surface area contributed by atoms with E-state index in [2.05, 4.69) is 0 Å². The van der Waals surface area contributed by atoms with Crippen LogP contribution in [0.4, 0.5) is 0 Å². The molecule has 2 aliphatic carbocycles. The summed E-state index contributed by atoms with van der Waals surface area (Å²) in [5.74, 6) is -0.224. The summed E-state index contributed by atoms with van der Waals surface area (Å²) in [6, 6.07) is 9.17. The maximum atomic E-state index is 11.9. The van der Waals surface area contributed by atoms with E-state index in [0.717, 1.165) is 19.4 Å². The third kappa shape index (κ3) is 1.57. The Bertz CT molecular complexity index is 492. The highest BCUT2D eigenvalue weighted by molar-refractivity contribution is 5.89. The Kier molecular flexibility index (Phi) is 1.97. The fourth-order valence-electron chi connectivity index (χ4n) is 3.04. The summed E-state index contributed by atoms with van der Waals surface area (Å²) in [7, 11) is 0. The van der Waals surface area contributed by atoms with Gasteiger partial charge in [0.15, 0.2) is 0 Å². The van der Waals surface area contributed by atoms with Crippen LogP contribution in [-0.4, -0.2) is 24.3 Å². The topological polar surface area (TPSA) is 35.5 Å². The molecule has 2 unspecified atom stereocenters. The Morgan fingerprint density at radius 1 is 1.28 bits per heavy atom. The summed E-state index contributed by atoms with van der Waals surface area (Å²) in [6.45, 7) is 0.867. The third-order valence-electron chi connectivity index (χ3n) is 4.51.